The van der Waals surface area contributed by atoms with Gasteiger partial charge in [0.15, 0.2) is 12.1 Å². The smallest absolute Gasteiger partial charge is 0.195 e. The first kappa shape index (κ1) is 8.34. The molecule has 0 aromatic carbocycles. The molecule has 51 valence electrons. The SMILES string of the molecule is C[C](C)CCC(=O)C=O. The van der Waals surface area contributed by atoms with Crippen LogP contribution in [-0.2, 0) is 9.59 Å². The molecule has 0 heterocycles. The Hall–Kier alpha value is -0.660. The van der Waals surface area contributed by atoms with E-state index >= 15 is 0 Å². The van der Waals surface area contributed by atoms with Gasteiger partial charge in [-0.1, -0.05) is 13.8 Å². The Balaban J connectivity index is 3.27. The summed E-state index contributed by atoms with van der Waals surface area (Å²) in [7, 11) is 0. The zero-order chi connectivity index (χ0) is 7.28. The van der Waals surface area contributed by atoms with Crippen molar-refractivity contribution in [2.45, 2.75) is 26.7 Å². The van der Waals surface area contributed by atoms with E-state index in [1.165, 1.54) is 5.92 Å². The zero-order valence-corrected chi connectivity index (χ0v) is 5.81. The number of carbonyl (C=O) groups is 2. The van der Waals surface area contributed by atoms with Crippen LogP contribution in [0.1, 0.15) is 26.7 Å². The second kappa shape index (κ2) is 4.24. The van der Waals surface area contributed by atoms with E-state index in [0.717, 1.165) is 6.42 Å². The lowest BCUT2D eigenvalue weighted by molar-refractivity contribution is -0.129. The van der Waals surface area contributed by atoms with Crippen LogP contribution in [0.25, 0.3) is 0 Å². The van der Waals surface area contributed by atoms with Crippen LogP contribution in [0.3, 0.4) is 0 Å². The van der Waals surface area contributed by atoms with Crippen LogP contribution in [0.4, 0.5) is 0 Å². The number of hydrogen-bond acceptors (Lipinski definition) is 2. The number of aldehydes is 1. The van der Waals surface area contributed by atoms with Gasteiger partial charge in [0.05, 0.1) is 0 Å². The lowest BCUT2D eigenvalue weighted by atomic mass is 10.1. The topological polar surface area (TPSA) is 34.1 Å². The highest BCUT2D eigenvalue weighted by molar-refractivity contribution is 6.24. The minimum Gasteiger partial charge on any atom is -0.295 e. The van der Waals surface area contributed by atoms with E-state index in [9.17, 15) is 9.59 Å². The second-order valence-electron chi connectivity index (χ2n) is 2.29. The first-order valence-electron chi connectivity index (χ1n) is 2.94. The highest BCUT2D eigenvalue weighted by Crippen LogP contribution is 2.04. The van der Waals surface area contributed by atoms with Crippen LogP contribution in [0.2, 0.25) is 0 Å². The monoisotopic (exact) mass is 127 g/mol. The van der Waals surface area contributed by atoms with Crippen molar-refractivity contribution in [1.82, 2.24) is 0 Å². The Labute approximate surface area is 55.3 Å². The van der Waals surface area contributed by atoms with E-state index in [1.807, 2.05) is 13.8 Å². The molecular formula is C7H11O2. The first-order chi connectivity index (χ1) is 4.16. The number of rotatable bonds is 4. The van der Waals surface area contributed by atoms with Crippen LogP contribution in [0.15, 0.2) is 0 Å². The lowest BCUT2D eigenvalue weighted by Crippen LogP contribution is -1.99. The highest BCUT2D eigenvalue weighted by Gasteiger charge is 2.00. The number of carbonyl (C=O) groups excluding carboxylic acids is 2. The van der Waals surface area contributed by atoms with Crippen molar-refractivity contribution in [2.24, 2.45) is 0 Å². The minimum absolute atomic E-state index is 0.309. The molecule has 0 unspecified atom stereocenters. The van der Waals surface area contributed by atoms with Gasteiger partial charge in [-0.3, -0.25) is 9.59 Å². The molecule has 2 nitrogen and oxygen atoms in total. The molecule has 0 aliphatic rings. The van der Waals surface area contributed by atoms with E-state index in [0.29, 0.717) is 12.7 Å². The Morgan fingerprint density at radius 1 is 1.33 bits per heavy atom. The molecule has 0 aliphatic carbocycles. The van der Waals surface area contributed by atoms with E-state index in [-0.39, 0.29) is 5.78 Å². The fourth-order valence-electron chi connectivity index (χ4n) is 0.432. The summed E-state index contributed by atoms with van der Waals surface area (Å²) in [4.78, 5) is 20.1. The van der Waals surface area contributed by atoms with E-state index < -0.39 is 0 Å². The summed E-state index contributed by atoms with van der Waals surface area (Å²) < 4.78 is 0. The summed E-state index contributed by atoms with van der Waals surface area (Å²) in [5, 5.41) is 0. The predicted octanol–water partition coefficient (Wildman–Crippen LogP) is 1.15. The molecule has 0 rings (SSSR count). The van der Waals surface area contributed by atoms with Crippen molar-refractivity contribution in [3.05, 3.63) is 5.92 Å². The van der Waals surface area contributed by atoms with Crippen LogP contribution in [0, 0.1) is 5.92 Å². The van der Waals surface area contributed by atoms with E-state index in [1.54, 1.807) is 0 Å². The Bertz CT molecular complexity index is 105. The molecular weight excluding hydrogens is 116 g/mol. The van der Waals surface area contributed by atoms with Crippen LogP contribution in [0.5, 0.6) is 0 Å². The van der Waals surface area contributed by atoms with Crippen molar-refractivity contribution in [2.75, 3.05) is 0 Å². The molecule has 0 atom stereocenters. The predicted molar refractivity (Wildman–Crippen MR) is 34.9 cm³/mol. The molecule has 9 heavy (non-hydrogen) atoms. The van der Waals surface area contributed by atoms with Gasteiger partial charge in [0, 0.05) is 6.42 Å². The molecule has 0 aromatic rings. The summed E-state index contributed by atoms with van der Waals surface area (Å²) >= 11 is 0. The third-order valence-corrected chi connectivity index (χ3v) is 1.00. The summed E-state index contributed by atoms with van der Waals surface area (Å²) in [6, 6.07) is 0. The maximum atomic E-state index is 10.3. The molecule has 0 fully saturated rings. The lowest BCUT2D eigenvalue weighted by Gasteiger charge is -1.97. The van der Waals surface area contributed by atoms with Gasteiger partial charge in [-0.2, -0.15) is 0 Å². The fourth-order valence-corrected chi connectivity index (χ4v) is 0.432. The van der Waals surface area contributed by atoms with Gasteiger partial charge in [0.1, 0.15) is 0 Å². The molecule has 0 N–H and O–H groups in total. The Kier molecular flexibility index (Phi) is 3.93. The number of Topliss-reactive ketones (excluding diaryl/α,β-unsaturated/α-hetero) is 1. The summed E-state index contributed by atoms with van der Waals surface area (Å²) in [6.07, 6.45) is 1.48. The van der Waals surface area contributed by atoms with Gasteiger partial charge in [0.25, 0.3) is 0 Å². The van der Waals surface area contributed by atoms with Gasteiger partial charge in [0.2, 0.25) is 0 Å². The first-order valence-corrected chi connectivity index (χ1v) is 2.94. The number of ketones is 1. The highest BCUT2D eigenvalue weighted by atomic mass is 16.2. The van der Waals surface area contributed by atoms with Crippen molar-refractivity contribution in [1.29, 1.82) is 0 Å². The second-order valence-corrected chi connectivity index (χ2v) is 2.29. The zero-order valence-electron chi connectivity index (χ0n) is 5.81. The van der Waals surface area contributed by atoms with Crippen molar-refractivity contribution < 1.29 is 9.59 Å². The Morgan fingerprint density at radius 3 is 2.22 bits per heavy atom. The summed E-state index contributed by atoms with van der Waals surface area (Å²) in [6.45, 7) is 3.89. The largest absolute Gasteiger partial charge is 0.295 e. The molecule has 0 bridgehead atoms. The quantitative estimate of drug-likeness (QED) is 0.419. The average Bonchev–Trinajstić information content (AvgIpc) is 1.83. The van der Waals surface area contributed by atoms with Crippen molar-refractivity contribution in [3.8, 4) is 0 Å². The third-order valence-electron chi connectivity index (χ3n) is 1.00. The molecule has 0 aromatic heterocycles. The van der Waals surface area contributed by atoms with Gasteiger partial charge in [-0.05, 0) is 12.3 Å². The number of hydrogen-bond donors (Lipinski definition) is 0. The molecule has 0 saturated carbocycles. The van der Waals surface area contributed by atoms with Crippen LogP contribution < -0.4 is 0 Å². The molecule has 1 radical (unpaired) electrons. The molecule has 0 aliphatic heterocycles. The molecule has 0 saturated heterocycles. The van der Waals surface area contributed by atoms with Gasteiger partial charge in [-0.15, -0.1) is 0 Å². The Morgan fingerprint density at radius 2 is 1.89 bits per heavy atom. The average molecular weight is 127 g/mol. The van der Waals surface area contributed by atoms with Gasteiger partial charge < -0.3 is 0 Å². The van der Waals surface area contributed by atoms with Crippen molar-refractivity contribution in [3.63, 3.8) is 0 Å². The van der Waals surface area contributed by atoms with E-state index in [2.05, 4.69) is 0 Å². The maximum absolute atomic E-state index is 10.3. The van der Waals surface area contributed by atoms with Crippen molar-refractivity contribution >= 4 is 12.1 Å². The standard InChI is InChI=1S/C7H11O2/c1-6(2)3-4-7(9)5-8/h5H,3-4H2,1-2H3. The summed E-state index contributed by atoms with van der Waals surface area (Å²) in [5.41, 5.74) is 0. The normalized spacial score (nSPS) is 9.67. The van der Waals surface area contributed by atoms with Crippen LogP contribution >= 0.6 is 0 Å². The minimum atomic E-state index is -0.309. The maximum Gasteiger partial charge on any atom is 0.195 e. The molecule has 0 amide bonds. The molecule has 2 heteroatoms. The van der Waals surface area contributed by atoms with Gasteiger partial charge in [-0.25, -0.2) is 0 Å². The van der Waals surface area contributed by atoms with E-state index in [4.69, 9.17) is 0 Å². The van der Waals surface area contributed by atoms with Gasteiger partial charge >= 0.3 is 0 Å². The fraction of sp³-hybridized carbons (Fsp3) is 0.571. The molecule has 0 spiro atoms. The van der Waals surface area contributed by atoms with Crippen LogP contribution in [-0.4, -0.2) is 12.1 Å². The third kappa shape index (κ3) is 5.21. The summed E-state index contributed by atoms with van der Waals surface area (Å²) in [5.74, 6) is 0.876.